The fourth-order valence-corrected chi connectivity index (χ4v) is 2.54. The number of aliphatic hydroxyl groups is 1. The summed E-state index contributed by atoms with van der Waals surface area (Å²) in [5.41, 5.74) is 5.76. The quantitative estimate of drug-likeness (QED) is 0.688. The van der Waals surface area contributed by atoms with Gasteiger partial charge in [0.1, 0.15) is 11.6 Å². The van der Waals surface area contributed by atoms with E-state index in [4.69, 9.17) is 10.5 Å². The van der Waals surface area contributed by atoms with E-state index in [-0.39, 0.29) is 29.8 Å². The highest BCUT2D eigenvalue weighted by atomic mass is 19.1. The van der Waals surface area contributed by atoms with Crippen molar-refractivity contribution in [1.82, 2.24) is 5.32 Å². The van der Waals surface area contributed by atoms with Gasteiger partial charge in [-0.25, -0.2) is 8.78 Å². The van der Waals surface area contributed by atoms with Crippen molar-refractivity contribution in [3.05, 3.63) is 64.2 Å². The molecule has 7 heteroatoms. The van der Waals surface area contributed by atoms with E-state index in [2.05, 4.69) is 5.32 Å². The topological polar surface area (TPSA) is 84.6 Å². The van der Waals surface area contributed by atoms with Crippen molar-refractivity contribution in [3.63, 3.8) is 0 Å². The molecule has 2 aromatic carbocycles. The Morgan fingerprint density at radius 1 is 1.19 bits per heavy atom. The van der Waals surface area contributed by atoms with Crippen LogP contribution in [0.5, 0.6) is 0 Å². The van der Waals surface area contributed by atoms with Gasteiger partial charge in [-0.1, -0.05) is 0 Å². The van der Waals surface area contributed by atoms with Gasteiger partial charge in [-0.15, -0.1) is 0 Å². The second-order valence-electron chi connectivity index (χ2n) is 6.51. The zero-order valence-electron chi connectivity index (χ0n) is 14.9. The number of methoxy groups -OCH3 is 1. The summed E-state index contributed by atoms with van der Waals surface area (Å²) in [7, 11) is 1.39. The number of benzene rings is 2. The maximum atomic E-state index is 14.1. The average molecular weight is 364 g/mol. The van der Waals surface area contributed by atoms with Crippen LogP contribution < -0.4 is 11.1 Å². The molecule has 0 aliphatic carbocycles. The number of halogens is 2. The molecule has 0 unspecified atom stereocenters. The third kappa shape index (κ3) is 4.56. The van der Waals surface area contributed by atoms with E-state index < -0.39 is 23.1 Å². The molecule has 0 bridgehead atoms. The number of nitrogens with two attached hydrogens (primary N) is 1. The number of carbonyl (C=O) groups excluding carboxylic acids is 1. The van der Waals surface area contributed by atoms with Gasteiger partial charge in [0.05, 0.1) is 12.2 Å². The summed E-state index contributed by atoms with van der Waals surface area (Å²) in [5.74, 6) is -1.72. The minimum atomic E-state index is -1.22. The molecule has 140 valence electrons. The zero-order chi connectivity index (χ0) is 19.5. The standard InChI is InChI=1S/C19H22F2N2O3/c1-19(2,25)14-6-11(4-5-17(14)22)18(24)23-9-12-7-16(21)13(10-26-3)8-15(12)20/h4-8,25H,9-10,22H2,1-3H3,(H,23,24). The van der Waals surface area contributed by atoms with Crippen LogP contribution in [0.4, 0.5) is 14.5 Å². The number of hydrogen-bond donors (Lipinski definition) is 3. The van der Waals surface area contributed by atoms with Gasteiger partial charge in [0.15, 0.2) is 0 Å². The van der Waals surface area contributed by atoms with E-state index in [0.29, 0.717) is 11.3 Å². The van der Waals surface area contributed by atoms with Crippen molar-refractivity contribution >= 4 is 11.6 Å². The molecular weight excluding hydrogens is 342 g/mol. The largest absolute Gasteiger partial charge is 0.398 e. The Balaban J connectivity index is 2.16. The number of ether oxygens (including phenoxy) is 1. The Bertz CT molecular complexity index is 817. The summed E-state index contributed by atoms with van der Waals surface area (Å²) >= 11 is 0. The summed E-state index contributed by atoms with van der Waals surface area (Å²) in [5, 5.41) is 12.6. The number of carbonyl (C=O) groups is 1. The first-order chi connectivity index (χ1) is 12.1. The molecule has 5 nitrogen and oxygen atoms in total. The smallest absolute Gasteiger partial charge is 0.251 e. The Morgan fingerprint density at radius 2 is 1.81 bits per heavy atom. The SMILES string of the molecule is COCc1cc(F)c(CNC(=O)c2ccc(N)c(C(C)(C)O)c2)cc1F. The number of anilines is 1. The molecule has 0 saturated heterocycles. The summed E-state index contributed by atoms with van der Waals surface area (Å²) in [6.07, 6.45) is 0. The van der Waals surface area contributed by atoms with Gasteiger partial charge >= 0.3 is 0 Å². The van der Waals surface area contributed by atoms with Crippen molar-refractivity contribution in [1.29, 1.82) is 0 Å². The number of amides is 1. The average Bonchev–Trinajstić information content (AvgIpc) is 2.56. The van der Waals surface area contributed by atoms with E-state index in [1.165, 1.54) is 25.3 Å². The number of nitrogen functional groups attached to an aromatic ring is 1. The molecular formula is C19H22F2N2O3. The lowest BCUT2D eigenvalue weighted by Gasteiger charge is -2.20. The van der Waals surface area contributed by atoms with E-state index in [9.17, 15) is 18.7 Å². The lowest BCUT2D eigenvalue weighted by molar-refractivity contribution is 0.0792. The molecule has 0 fully saturated rings. The number of rotatable bonds is 6. The van der Waals surface area contributed by atoms with Crippen LogP contribution >= 0.6 is 0 Å². The Hall–Kier alpha value is -2.51. The van der Waals surface area contributed by atoms with Gasteiger partial charge in [0.25, 0.3) is 5.91 Å². The second-order valence-corrected chi connectivity index (χ2v) is 6.51. The maximum Gasteiger partial charge on any atom is 0.251 e. The zero-order valence-corrected chi connectivity index (χ0v) is 14.9. The van der Waals surface area contributed by atoms with Crippen LogP contribution in [-0.2, 0) is 23.5 Å². The number of nitrogens with one attached hydrogen (secondary N) is 1. The van der Waals surface area contributed by atoms with Gasteiger partial charge < -0.3 is 20.9 Å². The predicted octanol–water partition coefficient (Wildman–Crippen LogP) is 2.85. The molecule has 0 radical (unpaired) electrons. The minimum absolute atomic E-state index is 0.0221. The summed E-state index contributed by atoms with van der Waals surface area (Å²) in [6, 6.07) is 6.58. The molecule has 2 rings (SSSR count). The minimum Gasteiger partial charge on any atom is -0.398 e. The lowest BCUT2D eigenvalue weighted by atomic mass is 9.94. The highest BCUT2D eigenvalue weighted by Gasteiger charge is 2.21. The summed E-state index contributed by atoms with van der Waals surface area (Å²) in [4.78, 5) is 12.3. The van der Waals surface area contributed by atoms with E-state index >= 15 is 0 Å². The van der Waals surface area contributed by atoms with Gasteiger partial charge in [-0.2, -0.15) is 0 Å². The predicted molar refractivity (Wildman–Crippen MR) is 94.3 cm³/mol. The first-order valence-corrected chi connectivity index (χ1v) is 7.99. The van der Waals surface area contributed by atoms with Crippen LogP contribution in [0.25, 0.3) is 0 Å². The van der Waals surface area contributed by atoms with Gasteiger partial charge in [-0.05, 0) is 44.2 Å². The van der Waals surface area contributed by atoms with Crippen molar-refractivity contribution in [2.24, 2.45) is 0 Å². The molecule has 0 spiro atoms. The summed E-state index contributed by atoms with van der Waals surface area (Å²) in [6.45, 7) is 2.89. The lowest BCUT2D eigenvalue weighted by Crippen LogP contribution is -2.25. The normalized spacial score (nSPS) is 11.5. The monoisotopic (exact) mass is 364 g/mol. The van der Waals surface area contributed by atoms with Gasteiger partial charge in [0.2, 0.25) is 0 Å². The van der Waals surface area contributed by atoms with Crippen molar-refractivity contribution < 1.29 is 23.4 Å². The van der Waals surface area contributed by atoms with Crippen LogP contribution in [0.3, 0.4) is 0 Å². The first kappa shape index (κ1) is 19.8. The molecule has 0 heterocycles. The van der Waals surface area contributed by atoms with Crippen LogP contribution in [0.15, 0.2) is 30.3 Å². The molecule has 0 aliphatic rings. The van der Waals surface area contributed by atoms with Gasteiger partial charge in [0, 0.05) is 41.6 Å². The molecule has 0 atom stereocenters. The number of hydrogen-bond acceptors (Lipinski definition) is 4. The Morgan fingerprint density at radius 3 is 2.42 bits per heavy atom. The van der Waals surface area contributed by atoms with Crippen molar-refractivity contribution in [3.8, 4) is 0 Å². The summed E-state index contributed by atoms with van der Waals surface area (Å²) < 4.78 is 32.7. The Labute approximate surface area is 150 Å². The first-order valence-electron chi connectivity index (χ1n) is 7.99. The molecule has 0 aromatic heterocycles. The van der Waals surface area contributed by atoms with Crippen LogP contribution in [0.1, 0.15) is 40.9 Å². The molecule has 1 amide bonds. The third-order valence-electron chi connectivity index (χ3n) is 3.93. The third-order valence-corrected chi connectivity index (χ3v) is 3.93. The second kappa shape index (κ2) is 7.80. The molecule has 26 heavy (non-hydrogen) atoms. The Kier molecular flexibility index (Phi) is 5.94. The maximum absolute atomic E-state index is 14.1. The molecule has 0 aliphatic heterocycles. The van der Waals surface area contributed by atoms with Crippen molar-refractivity contribution in [2.75, 3.05) is 12.8 Å². The van der Waals surface area contributed by atoms with E-state index in [1.54, 1.807) is 13.8 Å². The van der Waals surface area contributed by atoms with Crippen LogP contribution in [0.2, 0.25) is 0 Å². The molecule has 4 N–H and O–H groups in total. The fraction of sp³-hybridized carbons (Fsp3) is 0.316. The van der Waals surface area contributed by atoms with Crippen molar-refractivity contribution in [2.45, 2.75) is 32.6 Å². The fourth-order valence-electron chi connectivity index (χ4n) is 2.54. The van der Waals surface area contributed by atoms with E-state index in [1.807, 2.05) is 0 Å². The highest BCUT2D eigenvalue weighted by Crippen LogP contribution is 2.26. The molecule has 2 aromatic rings. The molecule has 0 saturated carbocycles. The highest BCUT2D eigenvalue weighted by molar-refractivity contribution is 5.94. The van der Waals surface area contributed by atoms with Crippen LogP contribution in [-0.4, -0.2) is 18.1 Å². The van der Waals surface area contributed by atoms with E-state index in [0.717, 1.165) is 12.1 Å². The van der Waals surface area contributed by atoms with Crippen LogP contribution in [0, 0.1) is 11.6 Å². The van der Waals surface area contributed by atoms with Gasteiger partial charge in [-0.3, -0.25) is 4.79 Å².